The van der Waals surface area contributed by atoms with Crippen molar-refractivity contribution >= 4 is 23.5 Å². The van der Waals surface area contributed by atoms with Gasteiger partial charge in [-0.3, -0.25) is 0 Å². The molecule has 0 N–H and O–H groups in total. The fourth-order valence-electron chi connectivity index (χ4n) is 5.61. The molecule has 0 unspecified atom stereocenters. The van der Waals surface area contributed by atoms with Crippen molar-refractivity contribution in [3.8, 4) is 0 Å². The molecular weight excluding hydrogens is 358 g/mol. The molecule has 0 atom stereocenters. The fraction of sp³-hybridized carbons (Fsp3) is 0.857. The van der Waals surface area contributed by atoms with Crippen LogP contribution in [0, 0.1) is 0 Å². The number of anilines is 2. The van der Waals surface area contributed by atoms with Crippen LogP contribution in [0.4, 0.5) is 11.9 Å². The van der Waals surface area contributed by atoms with Crippen molar-refractivity contribution in [2.45, 2.75) is 116 Å². The van der Waals surface area contributed by atoms with Gasteiger partial charge in [0.2, 0.25) is 17.2 Å². The lowest BCUT2D eigenvalue weighted by Gasteiger charge is -2.54. The molecule has 2 fully saturated rings. The molecule has 3 rings (SSSR count). The summed E-state index contributed by atoms with van der Waals surface area (Å²) < 4.78 is 0. The number of hydrogen-bond acceptors (Lipinski definition) is 5. The molecule has 0 radical (unpaired) electrons. The molecule has 2 saturated heterocycles. The zero-order chi connectivity index (χ0) is 20.3. The summed E-state index contributed by atoms with van der Waals surface area (Å²) in [5, 5.41) is 0.282. The first-order chi connectivity index (χ1) is 12.3. The van der Waals surface area contributed by atoms with Gasteiger partial charge in [-0.2, -0.15) is 15.0 Å². The van der Waals surface area contributed by atoms with Crippen LogP contribution in [-0.2, 0) is 0 Å². The van der Waals surface area contributed by atoms with Gasteiger partial charge in [-0.05, 0) is 106 Å². The smallest absolute Gasteiger partial charge is 0.232 e. The molecule has 6 heteroatoms. The summed E-state index contributed by atoms with van der Waals surface area (Å²) in [6.45, 7) is 18.2. The summed E-state index contributed by atoms with van der Waals surface area (Å²) in [4.78, 5) is 18.9. The second-order valence-electron chi connectivity index (χ2n) is 10.8. The van der Waals surface area contributed by atoms with Crippen LogP contribution >= 0.6 is 11.6 Å². The second-order valence-corrected chi connectivity index (χ2v) is 11.2. The maximum Gasteiger partial charge on any atom is 0.232 e. The number of hydrogen-bond donors (Lipinski definition) is 0. The highest BCUT2D eigenvalue weighted by molar-refractivity contribution is 6.28. The van der Waals surface area contributed by atoms with Gasteiger partial charge >= 0.3 is 0 Å². The topological polar surface area (TPSA) is 45.2 Å². The van der Waals surface area contributed by atoms with Crippen LogP contribution in [0.15, 0.2) is 0 Å². The molecule has 0 spiro atoms. The lowest BCUT2D eigenvalue weighted by molar-refractivity contribution is 0.234. The van der Waals surface area contributed by atoms with E-state index in [2.05, 4.69) is 75.2 Å². The summed E-state index contributed by atoms with van der Waals surface area (Å²) in [5.41, 5.74) is -0.0689. The van der Waals surface area contributed by atoms with Crippen molar-refractivity contribution in [2.75, 3.05) is 9.80 Å². The number of halogens is 1. The van der Waals surface area contributed by atoms with Crippen LogP contribution in [0.2, 0.25) is 5.28 Å². The Morgan fingerprint density at radius 1 is 0.593 bits per heavy atom. The van der Waals surface area contributed by atoms with Crippen LogP contribution in [0.1, 0.15) is 93.9 Å². The number of nitrogens with zero attached hydrogens (tertiary/aromatic N) is 5. The Bertz CT molecular complexity index is 622. The quantitative estimate of drug-likeness (QED) is 0.652. The first kappa shape index (κ1) is 20.6. The zero-order valence-corrected chi connectivity index (χ0v) is 19.1. The van der Waals surface area contributed by atoms with E-state index in [0.29, 0.717) is 11.9 Å². The van der Waals surface area contributed by atoms with E-state index >= 15 is 0 Å². The summed E-state index contributed by atoms with van der Waals surface area (Å²) in [6.07, 6.45) is 6.92. The van der Waals surface area contributed by atoms with E-state index in [1.54, 1.807) is 0 Å². The van der Waals surface area contributed by atoms with E-state index in [1.807, 2.05) is 0 Å². The largest absolute Gasteiger partial charge is 0.330 e. The van der Waals surface area contributed by atoms with Gasteiger partial charge < -0.3 is 9.80 Å². The maximum atomic E-state index is 6.45. The fourth-order valence-corrected chi connectivity index (χ4v) is 5.76. The molecule has 2 aliphatic heterocycles. The Kier molecular flexibility index (Phi) is 4.94. The molecule has 5 nitrogen and oxygen atoms in total. The average Bonchev–Trinajstić information content (AvgIpc) is 2.42. The van der Waals surface area contributed by atoms with Gasteiger partial charge in [0.25, 0.3) is 0 Å². The minimum Gasteiger partial charge on any atom is -0.330 e. The Morgan fingerprint density at radius 2 is 0.889 bits per heavy atom. The van der Waals surface area contributed by atoms with Crippen molar-refractivity contribution in [3.63, 3.8) is 0 Å². The van der Waals surface area contributed by atoms with Gasteiger partial charge in [0, 0.05) is 22.2 Å². The standard InChI is InChI=1S/C21H36ClN5/c1-18(2)11-9-12-19(3,4)26(18)16-23-15(22)24-17(25-16)27-20(5,6)13-10-14-21(27,7)8/h9-14H2,1-8H3. The van der Waals surface area contributed by atoms with Crippen LogP contribution in [0.5, 0.6) is 0 Å². The number of rotatable bonds is 2. The predicted octanol–water partition coefficient (Wildman–Crippen LogP) is 5.62. The summed E-state index contributed by atoms with van der Waals surface area (Å²) in [7, 11) is 0. The first-order valence-electron chi connectivity index (χ1n) is 10.3. The van der Waals surface area contributed by atoms with Crippen molar-refractivity contribution in [3.05, 3.63) is 5.28 Å². The normalized spacial score (nSPS) is 26.1. The lowest BCUT2D eigenvalue weighted by Crippen LogP contribution is -2.61. The highest BCUT2D eigenvalue weighted by Gasteiger charge is 2.46. The minimum atomic E-state index is -0.0172. The molecule has 0 bridgehead atoms. The first-order valence-corrected chi connectivity index (χ1v) is 10.7. The van der Waals surface area contributed by atoms with Crippen molar-refractivity contribution in [2.24, 2.45) is 0 Å². The molecule has 2 aliphatic rings. The Labute approximate surface area is 169 Å². The summed E-state index contributed by atoms with van der Waals surface area (Å²) in [5.74, 6) is 1.41. The van der Waals surface area contributed by atoms with E-state index in [9.17, 15) is 0 Å². The molecule has 0 amide bonds. The van der Waals surface area contributed by atoms with Gasteiger partial charge in [0.05, 0.1) is 0 Å². The molecule has 0 saturated carbocycles. The van der Waals surface area contributed by atoms with Crippen molar-refractivity contribution in [1.82, 2.24) is 15.0 Å². The number of piperidine rings is 2. The van der Waals surface area contributed by atoms with E-state index in [1.165, 1.54) is 12.8 Å². The van der Waals surface area contributed by atoms with Crippen LogP contribution in [0.25, 0.3) is 0 Å². The molecule has 1 aromatic heterocycles. The third-order valence-corrected chi connectivity index (χ3v) is 6.73. The van der Waals surface area contributed by atoms with Gasteiger partial charge in [-0.15, -0.1) is 0 Å². The SMILES string of the molecule is CC1(C)CCCC(C)(C)N1c1nc(Cl)nc(N2C(C)(C)CCCC2(C)C)n1. The van der Waals surface area contributed by atoms with Gasteiger partial charge in [-0.1, -0.05) is 0 Å². The third-order valence-electron chi connectivity index (χ3n) is 6.56. The minimum absolute atomic E-state index is 0.0172. The molecular formula is C21H36ClN5. The molecule has 0 aromatic carbocycles. The predicted molar refractivity (Wildman–Crippen MR) is 114 cm³/mol. The second kappa shape index (κ2) is 6.47. The van der Waals surface area contributed by atoms with Gasteiger partial charge in [-0.25, -0.2) is 0 Å². The molecule has 152 valence electrons. The van der Waals surface area contributed by atoms with Crippen LogP contribution < -0.4 is 9.80 Å². The van der Waals surface area contributed by atoms with E-state index in [4.69, 9.17) is 16.6 Å². The molecule has 3 heterocycles. The Hall–Kier alpha value is -1.10. The highest BCUT2D eigenvalue weighted by atomic mass is 35.5. The van der Waals surface area contributed by atoms with Crippen LogP contribution in [0.3, 0.4) is 0 Å². The third kappa shape index (κ3) is 3.76. The number of aromatic nitrogens is 3. The van der Waals surface area contributed by atoms with E-state index in [0.717, 1.165) is 25.7 Å². The monoisotopic (exact) mass is 393 g/mol. The van der Waals surface area contributed by atoms with Gasteiger partial charge in [0.15, 0.2) is 0 Å². The lowest BCUT2D eigenvalue weighted by atomic mass is 9.80. The maximum absolute atomic E-state index is 6.45. The van der Waals surface area contributed by atoms with Crippen LogP contribution in [-0.4, -0.2) is 37.1 Å². The Morgan fingerprint density at radius 3 is 1.19 bits per heavy atom. The molecule has 1 aromatic rings. The van der Waals surface area contributed by atoms with Gasteiger partial charge in [0.1, 0.15) is 0 Å². The zero-order valence-electron chi connectivity index (χ0n) is 18.4. The molecule has 27 heavy (non-hydrogen) atoms. The van der Waals surface area contributed by atoms with E-state index < -0.39 is 0 Å². The van der Waals surface area contributed by atoms with E-state index in [-0.39, 0.29) is 27.4 Å². The molecule has 0 aliphatic carbocycles. The summed E-state index contributed by atoms with van der Waals surface area (Å²) >= 11 is 6.45. The van der Waals surface area contributed by atoms with Crippen molar-refractivity contribution < 1.29 is 0 Å². The highest BCUT2D eigenvalue weighted by Crippen LogP contribution is 2.43. The Balaban J connectivity index is 2.12. The average molecular weight is 394 g/mol. The van der Waals surface area contributed by atoms with Crippen molar-refractivity contribution in [1.29, 1.82) is 0 Å². The summed E-state index contributed by atoms with van der Waals surface area (Å²) in [6, 6.07) is 0.